The van der Waals surface area contributed by atoms with Crippen molar-refractivity contribution in [3.05, 3.63) is 70.9 Å². The van der Waals surface area contributed by atoms with Gasteiger partial charge in [-0.2, -0.15) is 0 Å². The first-order chi connectivity index (χ1) is 26.0. The lowest BCUT2D eigenvalue weighted by molar-refractivity contribution is -0.148. The Kier molecular flexibility index (Phi) is 12.5. The molecule has 0 unspecified atom stereocenters. The number of esters is 1. The maximum Gasteiger partial charge on any atom is 0.407 e. The van der Waals surface area contributed by atoms with Crippen LogP contribution in [0.3, 0.4) is 0 Å². The van der Waals surface area contributed by atoms with Gasteiger partial charge in [0.2, 0.25) is 11.8 Å². The van der Waals surface area contributed by atoms with E-state index >= 15 is 0 Å². The van der Waals surface area contributed by atoms with E-state index in [1.54, 1.807) is 22.7 Å². The number of thiazole rings is 2. The molecule has 2 saturated heterocycles. The fourth-order valence-electron chi connectivity index (χ4n) is 7.34. The van der Waals surface area contributed by atoms with E-state index in [0.717, 1.165) is 67.7 Å². The van der Waals surface area contributed by atoms with Crippen molar-refractivity contribution in [2.75, 3.05) is 27.3 Å². The highest BCUT2D eigenvalue weighted by atomic mass is 32.1. The van der Waals surface area contributed by atoms with Gasteiger partial charge in [0.15, 0.2) is 0 Å². The molecule has 2 aliphatic rings. The summed E-state index contributed by atoms with van der Waals surface area (Å²) in [6, 6.07) is 16.0. The molecule has 1 N–H and O–H groups in total. The second-order valence-corrected chi connectivity index (χ2v) is 16.8. The van der Waals surface area contributed by atoms with Crippen LogP contribution in [0.2, 0.25) is 0 Å². The molecular weight excluding hydrogens is 723 g/mol. The number of hydrogen-bond donors (Lipinski definition) is 1. The standard InChI is InChI=1S/C41H49N5O6S2/c1-24(2)30(21-35(47)51-5)39(48)45-19-7-9-31(45)37-42-22-33(53-37)28-15-11-26(12-16-28)27-13-17-29(18-14-27)34-23-43-38(54-34)32-10-8-20-46(32)40(49)36(25(3)4)44-41(50)52-6/h11-18,22-25,30-32,36H,7-10,19-21H2,1-6H3,(H,44,50)/t30-,31-,32-,36-/m0/s1. The minimum atomic E-state index is -0.664. The van der Waals surface area contributed by atoms with Gasteiger partial charge in [0.05, 0.1) is 48.4 Å². The van der Waals surface area contributed by atoms with Gasteiger partial charge in [-0.05, 0) is 59.8 Å². The Labute approximate surface area is 325 Å². The quantitative estimate of drug-likeness (QED) is 0.143. The Morgan fingerprint density at radius 1 is 0.704 bits per heavy atom. The van der Waals surface area contributed by atoms with E-state index in [1.807, 2.05) is 49.9 Å². The molecular formula is C41H49N5O6S2. The monoisotopic (exact) mass is 771 g/mol. The lowest BCUT2D eigenvalue weighted by atomic mass is 9.91. The van der Waals surface area contributed by atoms with E-state index in [9.17, 15) is 19.2 Å². The minimum Gasteiger partial charge on any atom is -0.469 e. The third-order valence-electron chi connectivity index (χ3n) is 10.5. The van der Waals surface area contributed by atoms with Crippen LogP contribution in [0.5, 0.6) is 0 Å². The smallest absolute Gasteiger partial charge is 0.407 e. The molecule has 4 aromatic rings. The Morgan fingerprint density at radius 3 is 1.59 bits per heavy atom. The zero-order valence-electron chi connectivity index (χ0n) is 31.7. The van der Waals surface area contributed by atoms with E-state index in [0.29, 0.717) is 13.1 Å². The number of nitrogens with one attached hydrogen (secondary N) is 1. The number of methoxy groups -OCH3 is 2. The summed E-state index contributed by atoms with van der Waals surface area (Å²) in [4.78, 5) is 66.5. The second-order valence-electron chi connectivity index (χ2n) is 14.6. The third-order valence-corrected chi connectivity index (χ3v) is 12.8. The van der Waals surface area contributed by atoms with Crippen LogP contribution in [-0.2, 0) is 23.9 Å². The van der Waals surface area contributed by atoms with Gasteiger partial charge in [-0.1, -0.05) is 76.2 Å². The maximum atomic E-state index is 13.6. The van der Waals surface area contributed by atoms with Gasteiger partial charge in [0.25, 0.3) is 0 Å². The topological polar surface area (TPSA) is 131 Å². The lowest BCUT2D eigenvalue weighted by Gasteiger charge is -2.29. The van der Waals surface area contributed by atoms with Gasteiger partial charge in [-0.25, -0.2) is 14.8 Å². The molecule has 286 valence electrons. The number of ether oxygens (including phenoxy) is 2. The van der Waals surface area contributed by atoms with Crippen LogP contribution < -0.4 is 5.32 Å². The summed E-state index contributed by atoms with van der Waals surface area (Å²) >= 11 is 3.22. The Bertz CT molecular complexity index is 1800. The normalized spacial score (nSPS) is 18.2. The molecule has 6 rings (SSSR count). The third kappa shape index (κ3) is 8.52. The highest BCUT2D eigenvalue weighted by Crippen LogP contribution is 2.41. The van der Waals surface area contributed by atoms with E-state index in [1.165, 1.54) is 14.2 Å². The van der Waals surface area contributed by atoms with Crippen molar-refractivity contribution >= 4 is 46.6 Å². The Balaban J connectivity index is 1.11. The molecule has 2 aromatic heterocycles. The summed E-state index contributed by atoms with van der Waals surface area (Å²) in [5.74, 6) is -0.953. The highest BCUT2D eigenvalue weighted by molar-refractivity contribution is 7.15. The molecule has 0 spiro atoms. The van der Waals surface area contributed by atoms with E-state index in [4.69, 9.17) is 19.4 Å². The number of rotatable bonds is 12. The highest BCUT2D eigenvalue weighted by Gasteiger charge is 2.39. The zero-order chi connectivity index (χ0) is 38.5. The molecule has 0 saturated carbocycles. The van der Waals surface area contributed by atoms with Crippen molar-refractivity contribution in [1.29, 1.82) is 0 Å². The van der Waals surface area contributed by atoms with Crippen molar-refractivity contribution in [2.24, 2.45) is 17.8 Å². The van der Waals surface area contributed by atoms with Crippen molar-refractivity contribution < 1.29 is 28.7 Å². The fourth-order valence-corrected chi connectivity index (χ4v) is 9.48. The molecule has 2 aromatic carbocycles. The van der Waals surface area contributed by atoms with Gasteiger partial charge < -0.3 is 24.6 Å². The van der Waals surface area contributed by atoms with Gasteiger partial charge >= 0.3 is 12.1 Å². The predicted octanol–water partition coefficient (Wildman–Crippen LogP) is 8.14. The van der Waals surface area contributed by atoms with E-state index < -0.39 is 18.1 Å². The Hall–Kier alpha value is -4.62. The van der Waals surface area contributed by atoms with Crippen LogP contribution in [0, 0.1) is 17.8 Å². The van der Waals surface area contributed by atoms with Crippen LogP contribution in [0.4, 0.5) is 4.79 Å². The van der Waals surface area contributed by atoms with Crippen molar-refractivity contribution in [3.63, 3.8) is 0 Å². The average molecular weight is 772 g/mol. The molecule has 4 heterocycles. The number of benzene rings is 2. The number of amides is 3. The van der Waals surface area contributed by atoms with Gasteiger partial charge in [-0.15, -0.1) is 22.7 Å². The summed E-state index contributed by atoms with van der Waals surface area (Å²) in [6.07, 6.45) is 6.72. The summed E-state index contributed by atoms with van der Waals surface area (Å²) in [6.45, 7) is 9.06. The summed E-state index contributed by atoms with van der Waals surface area (Å²) in [5, 5.41) is 4.53. The lowest BCUT2D eigenvalue weighted by Crippen LogP contribution is -2.51. The van der Waals surface area contributed by atoms with Crippen LogP contribution in [0.25, 0.3) is 32.0 Å². The maximum absolute atomic E-state index is 13.6. The molecule has 13 heteroatoms. The van der Waals surface area contributed by atoms with Crippen molar-refractivity contribution in [1.82, 2.24) is 25.1 Å². The van der Waals surface area contributed by atoms with Gasteiger partial charge in [0, 0.05) is 25.5 Å². The molecule has 54 heavy (non-hydrogen) atoms. The largest absolute Gasteiger partial charge is 0.469 e. The van der Waals surface area contributed by atoms with Crippen LogP contribution in [0.1, 0.15) is 81.9 Å². The van der Waals surface area contributed by atoms with Crippen molar-refractivity contribution in [2.45, 2.75) is 77.9 Å². The first-order valence-electron chi connectivity index (χ1n) is 18.6. The molecule has 4 atom stereocenters. The van der Waals surface area contributed by atoms with Gasteiger partial charge in [-0.3, -0.25) is 14.4 Å². The van der Waals surface area contributed by atoms with Gasteiger partial charge in [0.1, 0.15) is 16.1 Å². The van der Waals surface area contributed by atoms with Crippen LogP contribution >= 0.6 is 22.7 Å². The molecule has 11 nitrogen and oxygen atoms in total. The zero-order valence-corrected chi connectivity index (χ0v) is 33.4. The van der Waals surface area contributed by atoms with Crippen LogP contribution in [-0.4, -0.2) is 77.0 Å². The number of carbonyl (C=O) groups is 4. The molecule has 2 aliphatic heterocycles. The molecule has 2 fully saturated rings. The number of hydrogen-bond acceptors (Lipinski definition) is 10. The summed E-state index contributed by atoms with van der Waals surface area (Å²) in [5.41, 5.74) is 4.32. The van der Waals surface area contributed by atoms with E-state index in [2.05, 4.69) is 53.8 Å². The number of alkyl carbamates (subject to hydrolysis) is 1. The second kappa shape index (κ2) is 17.2. The SMILES string of the molecule is COC(=O)C[C@H](C(=O)N1CCC[C@H]1c1ncc(-c2ccc(-c3ccc(-c4cnc([C@@H]5CCCN5C(=O)[C@@H](NC(=O)OC)C(C)C)s4)cc3)cc2)s1)C(C)C. The summed E-state index contributed by atoms with van der Waals surface area (Å²) in [7, 11) is 2.66. The molecule has 0 radical (unpaired) electrons. The van der Waals surface area contributed by atoms with E-state index in [-0.39, 0.29) is 48.1 Å². The number of nitrogens with zero attached hydrogens (tertiary/aromatic N) is 4. The minimum absolute atomic E-state index is 0.000569. The average Bonchev–Trinajstić information content (AvgIpc) is 4.02. The number of carbonyl (C=O) groups excluding carboxylic acids is 4. The number of likely N-dealkylation sites (tertiary alicyclic amines) is 2. The van der Waals surface area contributed by atoms with Crippen molar-refractivity contribution in [3.8, 4) is 32.0 Å². The fraction of sp³-hybridized carbons (Fsp3) is 0.463. The molecule has 0 aliphatic carbocycles. The van der Waals surface area contributed by atoms with Crippen LogP contribution in [0.15, 0.2) is 60.9 Å². The summed E-state index contributed by atoms with van der Waals surface area (Å²) < 4.78 is 9.63. The first-order valence-corrected chi connectivity index (χ1v) is 20.3. The molecule has 3 amide bonds. The number of aromatic nitrogens is 2. The molecule has 0 bridgehead atoms. The Morgan fingerprint density at radius 2 is 1.17 bits per heavy atom. The predicted molar refractivity (Wildman–Crippen MR) is 211 cm³/mol. The first kappa shape index (κ1) is 39.1.